The molecule has 1 aromatic carbocycles. The summed E-state index contributed by atoms with van der Waals surface area (Å²) in [5.41, 5.74) is 0.734. The predicted octanol–water partition coefficient (Wildman–Crippen LogP) is 2.68. The zero-order chi connectivity index (χ0) is 15.5. The van der Waals surface area contributed by atoms with Crippen LogP contribution in [0.5, 0.6) is 0 Å². The van der Waals surface area contributed by atoms with Crippen LogP contribution in [0.25, 0.3) is 11.0 Å². The van der Waals surface area contributed by atoms with E-state index in [2.05, 4.69) is 10.3 Å². The van der Waals surface area contributed by atoms with Gasteiger partial charge in [-0.15, -0.1) is 0 Å². The number of aromatic nitrogens is 1. The largest absolute Gasteiger partial charge is 0.422 e. The second-order valence-corrected chi connectivity index (χ2v) is 4.96. The van der Waals surface area contributed by atoms with E-state index in [1.807, 2.05) is 25.1 Å². The minimum Gasteiger partial charge on any atom is -0.422 e. The molecule has 0 spiro atoms. The molecule has 0 saturated heterocycles. The van der Waals surface area contributed by atoms with Crippen molar-refractivity contribution in [2.45, 2.75) is 13.0 Å². The Morgan fingerprint density at radius 2 is 1.91 bits per heavy atom. The predicted molar refractivity (Wildman–Crippen MR) is 82.6 cm³/mol. The molecule has 2 aromatic heterocycles. The van der Waals surface area contributed by atoms with Gasteiger partial charge in [0, 0.05) is 17.8 Å². The summed E-state index contributed by atoms with van der Waals surface area (Å²) in [5.74, 6) is -0.455. The van der Waals surface area contributed by atoms with E-state index in [0.717, 1.165) is 5.56 Å². The van der Waals surface area contributed by atoms with Crippen molar-refractivity contribution < 1.29 is 9.21 Å². The summed E-state index contributed by atoms with van der Waals surface area (Å²) >= 11 is 0. The summed E-state index contributed by atoms with van der Waals surface area (Å²) in [4.78, 5) is 28.2. The Kier molecular flexibility index (Phi) is 3.70. The third-order valence-electron chi connectivity index (χ3n) is 3.44. The number of benzene rings is 1. The van der Waals surface area contributed by atoms with E-state index in [1.54, 1.807) is 36.7 Å². The average molecular weight is 294 g/mol. The Balaban J connectivity index is 1.89. The topological polar surface area (TPSA) is 72.2 Å². The first kappa shape index (κ1) is 14.0. The van der Waals surface area contributed by atoms with Crippen molar-refractivity contribution in [3.8, 4) is 0 Å². The number of para-hydroxylation sites is 1. The quantitative estimate of drug-likeness (QED) is 0.754. The summed E-state index contributed by atoms with van der Waals surface area (Å²) < 4.78 is 5.17. The van der Waals surface area contributed by atoms with Crippen LogP contribution in [0.1, 0.15) is 28.9 Å². The lowest BCUT2D eigenvalue weighted by Gasteiger charge is -2.13. The molecule has 3 rings (SSSR count). The summed E-state index contributed by atoms with van der Waals surface area (Å²) in [6.45, 7) is 1.84. The zero-order valence-corrected chi connectivity index (χ0v) is 11.9. The van der Waals surface area contributed by atoms with Crippen LogP contribution in [0, 0.1) is 0 Å². The molecule has 0 radical (unpaired) electrons. The van der Waals surface area contributed by atoms with Gasteiger partial charge >= 0.3 is 5.63 Å². The van der Waals surface area contributed by atoms with Crippen molar-refractivity contribution >= 4 is 16.9 Å². The van der Waals surface area contributed by atoms with Gasteiger partial charge in [0.25, 0.3) is 5.91 Å². The zero-order valence-electron chi connectivity index (χ0n) is 11.9. The van der Waals surface area contributed by atoms with E-state index in [9.17, 15) is 9.59 Å². The molecule has 0 unspecified atom stereocenters. The SMILES string of the molecule is C[C@H](NC(=O)c1cc2ccccc2oc1=O)c1ccncc1. The molecule has 5 heteroatoms. The highest BCUT2D eigenvalue weighted by Crippen LogP contribution is 2.14. The Morgan fingerprint density at radius 1 is 1.18 bits per heavy atom. The highest BCUT2D eigenvalue weighted by Gasteiger charge is 2.16. The van der Waals surface area contributed by atoms with Crippen LogP contribution in [0.4, 0.5) is 0 Å². The molecule has 1 amide bonds. The third kappa shape index (κ3) is 2.74. The fraction of sp³-hybridized carbons (Fsp3) is 0.118. The minimum atomic E-state index is -0.641. The molecule has 0 aliphatic rings. The number of carbonyl (C=O) groups excluding carboxylic acids is 1. The van der Waals surface area contributed by atoms with Crippen molar-refractivity contribution in [3.05, 3.63) is 76.4 Å². The monoisotopic (exact) mass is 294 g/mol. The van der Waals surface area contributed by atoms with Crippen molar-refractivity contribution in [1.82, 2.24) is 10.3 Å². The lowest BCUT2D eigenvalue weighted by atomic mass is 10.1. The van der Waals surface area contributed by atoms with Gasteiger partial charge in [-0.3, -0.25) is 9.78 Å². The van der Waals surface area contributed by atoms with E-state index in [0.29, 0.717) is 11.0 Å². The summed E-state index contributed by atoms with van der Waals surface area (Å²) in [6.07, 6.45) is 3.31. The first-order chi connectivity index (χ1) is 10.6. The van der Waals surface area contributed by atoms with Crippen LogP contribution >= 0.6 is 0 Å². The van der Waals surface area contributed by atoms with Gasteiger partial charge in [0.05, 0.1) is 6.04 Å². The fourth-order valence-electron chi connectivity index (χ4n) is 2.23. The van der Waals surface area contributed by atoms with E-state index >= 15 is 0 Å². The second-order valence-electron chi connectivity index (χ2n) is 4.96. The summed E-state index contributed by atoms with van der Waals surface area (Å²) in [5, 5.41) is 3.50. The number of carbonyl (C=O) groups is 1. The molecule has 0 fully saturated rings. The van der Waals surface area contributed by atoms with Crippen LogP contribution in [0.2, 0.25) is 0 Å². The maximum atomic E-state index is 12.3. The Morgan fingerprint density at radius 3 is 2.68 bits per heavy atom. The van der Waals surface area contributed by atoms with Gasteiger partial charge < -0.3 is 9.73 Å². The minimum absolute atomic E-state index is 0.000365. The van der Waals surface area contributed by atoms with Gasteiger partial charge in [0.2, 0.25) is 0 Å². The Labute approximate surface area is 126 Å². The highest BCUT2D eigenvalue weighted by atomic mass is 16.4. The smallest absolute Gasteiger partial charge is 0.349 e. The van der Waals surface area contributed by atoms with E-state index in [1.165, 1.54) is 0 Å². The van der Waals surface area contributed by atoms with Crippen molar-refractivity contribution in [2.24, 2.45) is 0 Å². The molecule has 0 aliphatic heterocycles. The van der Waals surface area contributed by atoms with Gasteiger partial charge in [-0.1, -0.05) is 18.2 Å². The second kappa shape index (κ2) is 5.81. The van der Waals surface area contributed by atoms with Crippen molar-refractivity contribution in [3.63, 3.8) is 0 Å². The molecule has 0 aliphatic carbocycles. The van der Waals surface area contributed by atoms with Gasteiger partial charge in [0.15, 0.2) is 0 Å². The normalized spacial score (nSPS) is 12.0. The van der Waals surface area contributed by atoms with Crippen LogP contribution in [-0.2, 0) is 0 Å². The maximum absolute atomic E-state index is 12.3. The fourth-order valence-corrected chi connectivity index (χ4v) is 2.23. The Hall–Kier alpha value is -2.95. The van der Waals surface area contributed by atoms with Crippen molar-refractivity contribution in [1.29, 1.82) is 0 Å². The molecule has 5 nitrogen and oxygen atoms in total. The van der Waals surface area contributed by atoms with Crippen molar-refractivity contribution in [2.75, 3.05) is 0 Å². The molecule has 0 bridgehead atoms. The number of nitrogens with zero attached hydrogens (tertiary/aromatic N) is 1. The molecule has 1 atom stereocenters. The molecular weight excluding hydrogens is 280 g/mol. The molecule has 22 heavy (non-hydrogen) atoms. The molecule has 1 N–H and O–H groups in total. The number of pyridine rings is 1. The molecule has 2 heterocycles. The van der Waals surface area contributed by atoms with E-state index in [-0.39, 0.29) is 11.6 Å². The third-order valence-corrected chi connectivity index (χ3v) is 3.44. The lowest BCUT2D eigenvalue weighted by Crippen LogP contribution is -2.30. The highest BCUT2D eigenvalue weighted by molar-refractivity contribution is 5.96. The first-order valence-corrected chi connectivity index (χ1v) is 6.89. The lowest BCUT2D eigenvalue weighted by molar-refractivity contribution is 0.0936. The number of amides is 1. The molecule has 110 valence electrons. The van der Waals surface area contributed by atoms with E-state index < -0.39 is 11.5 Å². The maximum Gasteiger partial charge on any atom is 0.349 e. The number of rotatable bonds is 3. The van der Waals surface area contributed by atoms with Gasteiger partial charge in [-0.2, -0.15) is 0 Å². The van der Waals surface area contributed by atoms with Crippen LogP contribution in [-0.4, -0.2) is 10.9 Å². The van der Waals surface area contributed by atoms with Gasteiger partial charge in [-0.05, 0) is 36.8 Å². The number of hydrogen-bond donors (Lipinski definition) is 1. The Bertz CT molecular complexity index is 872. The average Bonchev–Trinajstić information content (AvgIpc) is 2.54. The van der Waals surface area contributed by atoms with Crippen LogP contribution in [0.3, 0.4) is 0 Å². The van der Waals surface area contributed by atoms with Crippen LogP contribution in [0.15, 0.2) is 64.1 Å². The standard InChI is InChI=1S/C17H14N2O3/c1-11(12-6-8-18-9-7-12)19-16(20)14-10-13-4-2-3-5-15(13)22-17(14)21/h2-11H,1H3,(H,19,20)/t11-/m0/s1. The number of hydrogen-bond acceptors (Lipinski definition) is 4. The summed E-state index contributed by atoms with van der Waals surface area (Å²) in [6, 6.07) is 12.0. The number of nitrogens with one attached hydrogen (secondary N) is 1. The summed E-state index contributed by atoms with van der Waals surface area (Å²) in [7, 11) is 0. The molecule has 3 aromatic rings. The van der Waals surface area contributed by atoms with Gasteiger partial charge in [0.1, 0.15) is 11.1 Å². The number of fused-ring (bicyclic) bond motifs is 1. The van der Waals surface area contributed by atoms with Crippen LogP contribution < -0.4 is 10.9 Å². The van der Waals surface area contributed by atoms with E-state index in [4.69, 9.17) is 4.42 Å². The molecular formula is C17H14N2O3. The molecule has 0 saturated carbocycles. The van der Waals surface area contributed by atoms with Gasteiger partial charge in [-0.25, -0.2) is 4.79 Å². The first-order valence-electron chi connectivity index (χ1n) is 6.89.